The van der Waals surface area contributed by atoms with Crippen molar-refractivity contribution in [2.24, 2.45) is 5.92 Å². The average molecular weight is 313 g/mol. The molecule has 3 rings (SSSR count). The zero-order chi connectivity index (χ0) is 16.4. The van der Waals surface area contributed by atoms with Crippen molar-refractivity contribution >= 4 is 11.7 Å². The number of nitrogens with one attached hydrogen (secondary N) is 1. The molecule has 0 bridgehead atoms. The van der Waals surface area contributed by atoms with Crippen molar-refractivity contribution in [2.75, 3.05) is 6.54 Å². The first kappa shape index (κ1) is 15.1. The highest BCUT2D eigenvalue weighted by Gasteiger charge is 2.14. The topological polar surface area (TPSA) is 90.0 Å². The summed E-state index contributed by atoms with van der Waals surface area (Å²) < 4.78 is 3.44. The molecule has 3 heterocycles. The molecule has 1 N–H and O–H groups in total. The largest absolute Gasteiger partial charge is 0.349 e. The molecule has 3 aromatic heterocycles. The van der Waals surface area contributed by atoms with Gasteiger partial charge >= 0.3 is 0 Å². The third-order valence-corrected chi connectivity index (χ3v) is 3.52. The van der Waals surface area contributed by atoms with Crippen molar-refractivity contribution in [3.05, 3.63) is 41.7 Å². The summed E-state index contributed by atoms with van der Waals surface area (Å²) in [6.07, 6.45) is 3.32. The van der Waals surface area contributed by atoms with E-state index in [1.807, 2.05) is 24.6 Å². The smallest absolute Gasteiger partial charge is 0.291 e. The normalized spacial score (nSPS) is 12.5. The Bertz CT molecular complexity index is 802. The predicted molar refractivity (Wildman–Crippen MR) is 84.0 cm³/mol. The van der Waals surface area contributed by atoms with Crippen molar-refractivity contribution in [3.63, 3.8) is 0 Å². The number of carbonyl (C=O) groups is 1. The van der Waals surface area contributed by atoms with Gasteiger partial charge in [-0.15, -0.1) is 5.10 Å². The van der Waals surface area contributed by atoms with E-state index < -0.39 is 0 Å². The van der Waals surface area contributed by atoms with E-state index in [9.17, 15) is 4.79 Å². The molecule has 1 amide bonds. The van der Waals surface area contributed by atoms with Crippen molar-refractivity contribution in [1.29, 1.82) is 0 Å². The van der Waals surface area contributed by atoms with E-state index in [0.29, 0.717) is 12.3 Å². The molecule has 0 aliphatic rings. The molecule has 1 unspecified atom stereocenters. The third kappa shape index (κ3) is 3.36. The van der Waals surface area contributed by atoms with Gasteiger partial charge in [0.25, 0.3) is 11.7 Å². The molecule has 1 atom stereocenters. The van der Waals surface area contributed by atoms with Crippen LogP contribution in [0, 0.1) is 19.8 Å². The molecular formula is C15H19N7O. The third-order valence-electron chi connectivity index (χ3n) is 3.52. The number of hydrogen-bond acceptors (Lipinski definition) is 5. The molecule has 0 fully saturated rings. The minimum Gasteiger partial charge on any atom is -0.349 e. The fourth-order valence-corrected chi connectivity index (χ4v) is 2.39. The highest BCUT2D eigenvalue weighted by Crippen LogP contribution is 2.06. The number of fused-ring (bicyclic) bond motifs is 1. The van der Waals surface area contributed by atoms with Crippen LogP contribution in [0.5, 0.6) is 0 Å². The van der Waals surface area contributed by atoms with Gasteiger partial charge in [0, 0.05) is 31.2 Å². The van der Waals surface area contributed by atoms with Crippen molar-refractivity contribution < 1.29 is 4.79 Å². The van der Waals surface area contributed by atoms with E-state index >= 15 is 0 Å². The number of rotatable bonds is 5. The molecule has 8 nitrogen and oxygen atoms in total. The van der Waals surface area contributed by atoms with Crippen molar-refractivity contribution in [3.8, 4) is 0 Å². The van der Waals surface area contributed by atoms with Crippen LogP contribution in [0.25, 0.3) is 5.78 Å². The van der Waals surface area contributed by atoms with E-state index in [2.05, 4.69) is 32.4 Å². The number of carbonyl (C=O) groups excluding carboxylic acids is 1. The van der Waals surface area contributed by atoms with Crippen LogP contribution in [0.1, 0.15) is 28.9 Å². The van der Waals surface area contributed by atoms with Gasteiger partial charge in [0.2, 0.25) is 5.82 Å². The van der Waals surface area contributed by atoms with E-state index in [4.69, 9.17) is 0 Å². The maximum absolute atomic E-state index is 12.1. The van der Waals surface area contributed by atoms with E-state index in [-0.39, 0.29) is 17.6 Å². The van der Waals surface area contributed by atoms with E-state index in [1.54, 1.807) is 18.5 Å². The Morgan fingerprint density at radius 2 is 2.17 bits per heavy atom. The number of aryl methyl sites for hydroxylation is 2. The van der Waals surface area contributed by atoms with Crippen molar-refractivity contribution in [1.82, 2.24) is 34.7 Å². The quantitative estimate of drug-likeness (QED) is 0.759. The highest BCUT2D eigenvalue weighted by molar-refractivity contribution is 5.90. The summed E-state index contributed by atoms with van der Waals surface area (Å²) in [6.45, 7) is 7.34. The molecule has 0 aliphatic carbocycles. The van der Waals surface area contributed by atoms with Crippen LogP contribution in [0.15, 0.2) is 24.5 Å². The second-order valence-electron chi connectivity index (χ2n) is 5.72. The zero-order valence-electron chi connectivity index (χ0n) is 13.4. The molecule has 23 heavy (non-hydrogen) atoms. The lowest BCUT2D eigenvalue weighted by Gasteiger charge is -2.13. The number of hydrogen-bond donors (Lipinski definition) is 1. The Morgan fingerprint density at radius 1 is 1.35 bits per heavy atom. The second-order valence-corrected chi connectivity index (χ2v) is 5.72. The molecule has 0 saturated carbocycles. The van der Waals surface area contributed by atoms with Crippen LogP contribution in [-0.4, -0.2) is 41.8 Å². The van der Waals surface area contributed by atoms with Crippen LogP contribution < -0.4 is 5.32 Å². The standard InChI is InChI=1S/C15H19N7O/c1-10(9-22-12(3)7-11(2)19-22)8-17-14(23)13-18-15-16-5-4-6-21(15)20-13/h4-7,10H,8-9H2,1-3H3,(H,17,23). The summed E-state index contributed by atoms with van der Waals surface area (Å²) in [5, 5.41) is 11.4. The molecule has 0 aliphatic heterocycles. The summed E-state index contributed by atoms with van der Waals surface area (Å²) in [7, 11) is 0. The minimum absolute atomic E-state index is 0.127. The van der Waals surface area contributed by atoms with Gasteiger partial charge in [-0.05, 0) is 31.9 Å². The first-order valence-electron chi connectivity index (χ1n) is 7.49. The molecule has 0 aromatic carbocycles. The van der Waals surface area contributed by atoms with E-state index in [0.717, 1.165) is 17.9 Å². The highest BCUT2D eigenvalue weighted by atomic mass is 16.2. The van der Waals surface area contributed by atoms with Gasteiger partial charge in [-0.1, -0.05) is 6.92 Å². The Morgan fingerprint density at radius 3 is 2.87 bits per heavy atom. The van der Waals surface area contributed by atoms with Gasteiger partial charge in [-0.3, -0.25) is 9.48 Å². The first-order chi connectivity index (χ1) is 11.0. The summed E-state index contributed by atoms with van der Waals surface area (Å²) in [5.74, 6) is 0.484. The van der Waals surface area contributed by atoms with Gasteiger partial charge in [0.15, 0.2) is 0 Å². The average Bonchev–Trinajstić information content (AvgIpc) is 3.08. The SMILES string of the molecule is Cc1cc(C)n(CC(C)CNC(=O)c2nc3ncccn3n2)n1. The lowest BCUT2D eigenvalue weighted by atomic mass is 10.2. The molecule has 120 valence electrons. The summed E-state index contributed by atoms with van der Waals surface area (Å²) in [4.78, 5) is 20.3. The summed E-state index contributed by atoms with van der Waals surface area (Å²) >= 11 is 0. The van der Waals surface area contributed by atoms with Gasteiger partial charge in [0.05, 0.1) is 5.69 Å². The minimum atomic E-state index is -0.296. The Labute approximate surface area is 133 Å². The van der Waals surface area contributed by atoms with Crippen LogP contribution in [0.3, 0.4) is 0 Å². The maximum Gasteiger partial charge on any atom is 0.291 e. The number of amides is 1. The van der Waals surface area contributed by atoms with Crippen molar-refractivity contribution in [2.45, 2.75) is 27.3 Å². The fraction of sp³-hybridized carbons (Fsp3) is 0.400. The molecule has 3 aromatic rings. The van der Waals surface area contributed by atoms with E-state index in [1.165, 1.54) is 4.52 Å². The van der Waals surface area contributed by atoms with Gasteiger partial charge in [-0.25, -0.2) is 9.50 Å². The van der Waals surface area contributed by atoms with Gasteiger partial charge < -0.3 is 5.32 Å². The van der Waals surface area contributed by atoms with Gasteiger partial charge in [0.1, 0.15) is 0 Å². The number of nitrogens with zero attached hydrogens (tertiary/aromatic N) is 6. The zero-order valence-corrected chi connectivity index (χ0v) is 13.4. The molecule has 0 saturated heterocycles. The molecular weight excluding hydrogens is 294 g/mol. The Kier molecular flexibility index (Phi) is 4.05. The predicted octanol–water partition coefficient (Wildman–Crippen LogP) is 1.00. The lowest BCUT2D eigenvalue weighted by Crippen LogP contribution is -2.31. The molecule has 8 heteroatoms. The van der Waals surface area contributed by atoms with Crippen LogP contribution in [-0.2, 0) is 6.54 Å². The Hall–Kier alpha value is -2.77. The summed E-state index contributed by atoms with van der Waals surface area (Å²) in [5.41, 5.74) is 2.12. The molecule has 0 radical (unpaired) electrons. The van der Waals surface area contributed by atoms with Gasteiger partial charge in [-0.2, -0.15) is 10.1 Å². The number of aromatic nitrogens is 6. The summed E-state index contributed by atoms with van der Waals surface area (Å²) in [6, 6.07) is 3.78. The fourth-order valence-electron chi connectivity index (χ4n) is 2.39. The lowest BCUT2D eigenvalue weighted by molar-refractivity contribution is 0.0936. The first-order valence-corrected chi connectivity index (χ1v) is 7.49. The Balaban J connectivity index is 1.58. The van der Waals surface area contributed by atoms with Crippen LogP contribution in [0.2, 0.25) is 0 Å². The second kappa shape index (κ2) is 6.15. The van der Waals surface area contributed by atoms with Crippen LogP contribution >= 0.6 is 0 Å². The molecule has 0 spiro atoms. The van der Waals surface area contributed by atoms with Crippen LogP contribution in [0.4, 0.5) is 0 Å². The maximum atomic E-state index is 12.1. The monoisotopic (exact) mass is 313 g/mol.